The lowest BCUT2D eigenvalue weighted by Crippen LogP contribution is -2.11. The highest BCUT2D eigenvalue weighted by atomic mass is 32.1. The van der Waals surface area contributed by atoms with Crippen LogP contribution in [-0.4, -0.2) is 22.1 Å². The van der Waals surface area contributed by atoms with Crippen molar-refractivity contribution in [3.63, 3.8) is 0 Å². The van der Waals surface area contributed by atoms with Gasteiger partial charge in [0.1, 0.15) is 10.8 Å². The molecule has 0 saturated carbocycles. The maximum absolute atomic E-state index is 5.62. The monoisotopic (exact) mass is 265 g/mol. The summed E-state index contributed by atoms with van der Waals surface area (Å²) in [6.07, 6.45) is 2.69. The van der Waals surface area contributed by atoms with Gasteiger partial charge in [-0.15, -0.1) is 11.3 Å². The molecule has 2 aromatic rings. The van der Waals surface area contributed by atoms with Crippen molar-refractivity contribution in [2.45, 2.75) is 19.4 Å². The molecule has 7 heteroatoms. The Labute approximate surface area is 109 Å². The molecule has 2 aromatic heterocycles. The third kappa shape index (κ3) is 2.86. The number of methoxy groups -OCH3 is 1. The number of nitrogen functional groups attached to an aromatic ring is 1. The van der Waals surface area contributed by atoms with Crippen LogP contribution in [0.15, 0.2) is 17.6 Å². The van der Waals surface area contributed by atoms with Crippen molar-refractivity contribution >= 4 is 23.1 Å². The molecule has 18 heavy (non-hydrogen) atoms. The fraction of sp³-hybridized carbons (Fsp3) is 0.364. The molecule has 96 valence electrons. The van der Waals surface area contributed by atoms with E-state index in [1.54, 1.807) is 30.7 Å². The Balaban J connectivity index is 2.19. The summed E-state index contributed by atoms with van der Waals surface area (Å²) < 4.78 is 5.06. The number of nitrogens with zero attached hydrogens (tertiary/aromatic N) is 3. The molecule has 0 aliphatic heterocycles. The zero-order valence-corrected chi connectivity index (χ0v) is 11.1. The smallest absolute Gasteiger partial charge is 0.225 e. The van der Waals surface area contributed by atoms with Crippen molar-refractivity contribution in [1.29, 1.82) is 0 Å². The second-order valence-corrected chi connectivity index (χ2v) is 4.56. The summed E-state index contributed by atoms with van der Waals surface area (Å²) in [5.41, 5.74) is 5.62. The molecule has 1 atom stereocenters. The molecule has 0 spiro atoms. The molecule has 0 fully saturated rings. The van der Waals surface area contributed by atoms with Crippen LogP contribution in [0.4, 0.5) is 11.8 Å². The van der Waals surface area contributed by atoms with Crippen molar-refractivity contribution in [2.24, 2.45) is 0 Å². The minimum Gasteiger partial charge on any atom is -0.481 e. The lowest BCUT2D eigenvalue weighted by atomic mass is 10.2. The fourth-order valence-corrected chi connectivity index (χ4v) is 2.32. The Morgan fingerprint density at radius 1 is 1.50 bits per heavy atom. The van der Waals surface area contributed by atoms with Gasteiger partial charge in [0.25, 0.3) is 0 Å². The Morgan fingerprint density at radius 3 is 2.94 bits per heavy atom. The molecular formula is C11H15N5OS. The Morgan fingerprint density at radius 2 is 2.33 bits per heavy atom. The minimum absolute atomic E-state index is 0.115. The topological polar surface area (TPSA) is 86.0 Å². The van der Waals surface area contributed by atoms with Crippen molar-refractivity contribution in [2.75, 3.05) is 18.2 Å². The van der Waals surface area contributed by atoms with Gasteiger partial charge in [-0.25, -0.2) is 4.98 Å². The summed E-state index contributed by atoms with van der Waals surface area (Å²) >= 11 is 1.61. The largest absolute Gasteiger partial charge is 0.481 e. The van der Waals surface area contributed by atoms with Gasteiger partial charge < -0.3 is 15.8 Å². The fourth-order valence-electron chi connectivity index (χ4n) is 1.54. The molecule has 0 aliphatic rings. The van der Waals surface area contributed by atoms with Gasteiger partial charge in [0.05, 0.1) is 13.2 Å². The summed E-state index contributed by atoms with van der Waals surface area (Å²) in [6.45, 7) is 2.08. The third-order valence-corrected chi connectivity index (χ3v) is 3.30. The van der Waals surface area contributed by atoms with Crippen LogP contribution in [0.2, 0.25) is 0 Å². The second-order valence-electron chi connectivity index (χ2n) is 3.63. The predicted octanol–water partition coefficient (Wildman–Crippen LogP) is 2.09. The van der Waals surface area contributed by atoms with Crippen molar-refractivity contribution in [3.8, 4) is 5.88 Å². The predicted molar refractivity (Wildman–Crippen MR) is 71.8 cm³/mol. The average Bonchev–Trinajstić information content (AvgIpc) is 2.89. The average molecular weight is 265 g/mol. The van der Waals surface area contributed by atoms with Crippen LogP contribution in [0.3, 0.4) is 0 Å². The molecule has 0 radical (unpaired) electrons. The van der Waals surface area contributed by atoms with Crippen molar-refractivity contribution in [3.05, 3.63) is 22.7 Å². The third-order valence-electron chi connectivity index (χ3n) is 2.41. The highest BCUT2D eigenvalue weighted by molar-refractivity contribution is 7.09. The summed E-state index contributed by atoms with van der Waals surface area (Å²) in [5.74, 6) is 1.27. The maximum atomic E-state index is 5.62. The number of nitrogens with two attached hydrogens (primary N) is 1. The van der Waals surface area contributed by atoms with E-state index in [1.807, 2.05) is 5.38 Å². The highest BCUT2D eigenvalue weighted by Gasteiger charge is 2.13. The maximum Gasteiger partial charge on any atom is 0.225 e. The Hall–Kier alpha value is -1.89. The molecule has 6 nitrogen and oxygen atoms in total. The lowest BCUT2D eigenvalue weighted by molar-refractivity contribution is 0.398. The van der Waals surface area contributed by atoms with Gasteiger partial charge in [-0.1, -0.05) is 6.92 Å². The number of hydrogen-bond acceptors (Lipinski definition) is 7. The molecule has 2 heterocycles. The minimum atomic E-state index is 0.115. The van der Waals surface area contributed by atoms with E-state index in [2.05, 4.69) is 27.2 Å². The van der Waals surface area contributed by atoms with Gasteiger partial charge in [0, 0.05) is 17.6 Å². The van der Waals surface area contributed by atoms with Crippen molar-refractivity contribution < 1.29 is 4.74 Å². The van der Waals surface area contributed by atoms with Gasteiger partial charge >= 0.3 is 0 Å². The Kier molecular flexibility index (Phi) is 3.93. The molecule has 0 aromatic carbocycles. The summed E-state index contributed by atoms with van der Waals surface area (Å²) in [5, 5.41) is 6.26. The standard InChI is InChI=1S/C11H15N5OS/c1-3-7(10-13-4-5-18-10)14-8-6-9(17-2)16-11(12)15-8/h4-7H,3H2,1-2H3,(H3,12,14,15,16). The lowest BCUT2D eigenvalue weighted by Gasteiger charge is -2.15. The molecule has 0 amide bonds. The zero-order chi connectivity index (χ0) is 13.0. The van der Waals surface area contributed by atoms with Crippen LogP contribution in [0.1, 0.15) is 24.4 Å². The number of nitrogens with one attached hydrogen (secondary N) is 1. The molecule has 1 unspecified atom stereocenters. The zero-order valence-electron chi connectivity index (χ0n) is 10.3. The second kappa shape index (κ2) is 5.63. The van der Waals surface area contributed by atoms with Gasteiger partial charge in [0.2, 0.25) is 11.8 Å². The van der Waals surface area contributed by atoms with E-state index in [0.29, 0.717) is 11.7 Å². The normalized spacial score (nSPS) is 12.1. The first kappa shape index (κ1) is 12.6. The highest BCUT2D eigenvalue weighted by Crippen LogP contribution is 2.24. The first-order valence-corrected chi connectivity index (χ1v) is 6.45. The summed E-state index contributed by atoms with van der Waals surface area (Å²) in [6, 6.07) is 1.83. The van der Waals surface area contributed by atoms with E-state index < -0.39 is 0 Å². The van der Waals surface area contributed by atoms with Crippen LogP contribution in [0.5, 0.6) is 5.88 Å². The molecule has 0 bridgehead atoms. The van der Waals surface area contributed by atoms with Crippen LogP contribution in [0, 0.1) is 0 Å². The van der Waals surface area contributed by atoms with E-state index >= 15 is 0 Å². The van der Waals surface area contributed by atoms with E-state index in [1.165, 1.54) is 0 Å². The summed E-state index contributed by atoms with van der Waals surface area (Å²) in [4.78, 5) is 12.4. The first-order chi connectivity index (χ1) is 8.72. The van der Waals surface area contributed by atoms with Gasteiger partial charge in [-0.2, -0.15) is 9.97 Å². The SMILES string of the molecule is CCC(Nc1cc(OC)nc(N)n1)c1nccs1. The molecule has 3 N–H and O–H groups in total. The van der Waals surface area contributed by atoms with E-state index in [-0.39, 0.29) is 12.0 Å². The van der Waals surface area contributed by atoms with Crippen LogP contribution in [-0.2, 0) is 0 Å². The van der Waals surface area contributed by atoms with Crippen LogP contribution >= 0.6 is 11.3 Å². The van der Waals surface area contributed by atoms with Gasteiger partial charge in [0.15, 0.2) is 0 Å². The molecule has 0 aliphatic carbocycles. The van der Waals surface area contributed by atoms with E-state index in [9.17, 15) is 0 Å². The number of ether oxygens (including phenoxy) is 1. The van der Waals surface area contributed by atoms with E-state index in [0.717, 1.165) is 11.4 Å². The number of rotatable bonds is 5. The first-order valence-electron chi connectivity index (χ1n) is 5.57. The number of anilines is 2. The molecule has 2 rings (SSSR count). The van der Waals surface area contributed by atoms with Crippen molar-refractivity contribution in [1.82, 2.24) is 15.0 Å². The number of thiazole rings is 1. The summed E-state index contributed by atoms with van der Waals surface area (Å²) in [7, 11) is 1.55. The van der Waals surface area contributed by atoms with Gasteiger partial charge in [-0.3, -0.25) is 0 Å². The van der Waals surface area contributed by atoms with E-state index in [4.69, 9.17) is 10.5 Å². The van der Waals surface area contributed by atoms with Crippen LogP contribution < -0.4 is 15.8 Å². The van der Waals surface area contributed by atoms with Gasteiger partial charge in [-0.05, 0) is 6.42 Å². The number of hydrogen-bond donors (Lipinski definition) is 2. The quantitative estimate of drug-likeness (QED) is 0.861. The molecular weight excluding hydrogens is 250 g/mol. The Bertz CT molecular complexity index is 502. The molecule has 0 saturated heterocycles. The number of aromatic nitrogens is 3. The van der Waals surface area contributed by atoms with Crippen LogP contribution in [0.25, 0.3) is 0 Å².